The number of halogens is 3. The molecule has 6 heteroatoms. The maximum Gasteiger partial charge on any atom is 0.254 e. The number of ether oxygens (including phenoxy) is 1. The molecular formula is C15H16F3NO2. The molecule has 0 atom stereocenters. The largest absolute Gasteiger partial charge is 0.491 e. The Kier molecular flexibility index (Phi) is 4.55. The van der Waals surface area contributed by atoms with E-state index in [1.807, 2.05) is 0 Å². The van der Waals surface area contributed by atoms with Crippen LogP contribution in [-0.2, 0) is 0 Å². The Balaban J connectivity index is 2.19. The number of allylic oxidation sites excluding steroid dienone is 1. The van der Waals surface area contributed by atoms with Crippen LogP contribution in [0, 0.1) is 17.5 Å². The van der Waals surface area contributed by atoms with Gasteiger partial charge in [0.1, 0.15) is 0 Å². The third-order valence-corrected chi connectivity index (χ3v) is 3.59. The van der Waals surface area contributed by atoms with Gasteiger partial charge in [0, 0.05) is 6.04 Å². The molecule has 114 valence electrons. The highest BCUT2D eigenvalue weighted by Crippen LogP contribution is 2.27. The van der Waals surface area contributed by atoms with Crippen LogP contribution in [0.25, 0.3) is 0 Å². The minimum Gasteiger partial charge on any atom is -0.491 e. The minimum atomic E-state index is -1.44. The number of amides is 1. The van der Waals surface area contributed by atoms with Gasteiger partial charge in [-0.2, -0.15) is 4.39 Å². The second-order valence-corrected chi connectivity index (χ2v) is 5.06. The van der Waals surface area contributed by atoms with Crippen LogP contribution in [0.1, 0.15) is 36.0 Å². The van der Waals surface area contributed by atoms with Gasteiger partial charge in [0.15, 0.2) is 17.4 Å². The highest BCUT2D eigenvalue weighted by molar-refractivity contribution is 5.95. The third kappa shape index (κ3) is 3.20. The topological polar surface area (TPSA) is 38.3 Å². The molecule has 3 nitrogen and oxygen atoms in total. The number of carbonyl (C=O) groups excluding carboxylic acids is 1. The monoisotopic (exact) mass is 299 g/mol. The normalized spacial score (nSPS) is 15.9. The van der Waals surface area contributed by atoms with Crippen LogP contribution >= 0.6 is 0 Å². The van der Waals surface area contributed by atoms with E-state index < -0.39 is 34.7 Å². The minimum absolute atomic E-state index is 0.124. The van der Waals surface area contributed by atoms with Gasteiger partial charge < -0.3 is 10.1 Å². The standard InChI is InChI=1S/C15H16F3NO2/c1-8-3-5-9(6-4-8)19-15(20)10-7-11(16)13(18)14(21-2)12(10)17/h7,9H,1,3-6H2,2H3,(H,19,20). The zero-order valence-corrected chi connectivity index (χ0v) is 11.6. The molecule has 1 N–H and O–H groups in total. The Morgan fingerprint density at radius 2 is 1.90 bits per heavy atom. The van der Waals surface area contributed by atoms with Crippen molar-refractivity contribution < 1.29 is 22.7 Å². The van der Waals surface area contributed by atoms with E-state index >= 15 is 0 Å². The Bertz CT molecular complexity index is 577. The number of hydrogen-bond acceptors (Lipinski definition) is 2. The highest BCUT2D eigenvalue weighted by Gasteiger charge is 2.25. The Morgan fingerprint density at radius 3 is 2.48 bits per heavy atom. The fraction of sp³-hybridized carbons (Fsp3) is 0.400. The van der Waals surface area contributed by atoms with Crippen molar-refractivity contribution in [2.75, 3.05) is 7.11 Å². The average Bonchev–Trinajstić information content (AvgIpc) is 2.46. The van der Waals surface area contributed by atoms with Gasteiger partial charge in [0.2, 0.25) is 5.82 Å². The summed E-state index contributed by atoms with van der Waals surface area (Å²) in [7, 11) is 1.01. The van der Waals surface area contributed by atoms with Gasteiger partial charge in [0.25, 0.3) is 5.91 Å². The van der Waals surface area contributed by atoms with Crippen molar-refractivity contribution >= 4 is 5.91 Å². The molecule has 0 heterocycles. The summed E-state index contributed by atoms with van der Waals surface area (Å²) >= 11 is 0. The fourth-order valence-electron chi connectivity index (χ4n) is 2.36. The zero-order valence-electron chi connectivity index (χ0n) is 11.6. The van der Waals surface area contributed by atoms with Gasteiger partial charge in [0.05, 0.1) is 12.7 Å². The van der Waals surface area contributed by atoms with E-state index in [0.29, 0.717) is 18.9 Å². The van der Waals surface area contributed by atoms with E-state index in [1.165, 1.54) is 0 Å². The van der Waals surface area contributed by atoms with Crippen LogP contribution in [0.2, 0.25) is 0 Å². The van der Waals surface area contributed by atoms with Crippen molar-refractivity contribution in [1.82, 2.24) is 5.32 Å². The lowest BCUT2D eigenvalue weighted by Gasteiger charge is -2.24. The van der Waals surface area contributed by atoms with Crippen LogP contribution in [0.15, 0.2) is 18.2 Å². The lowest BCUT2D eigenvalue weighted by molar-refractivity contribution is 0.0924. The van der Waals surface area contributed by atoms with Crippen molar-refractivity contribution in [3.63, 3.8) is 0 Å². The quantitative estimate of drug-likeness (QED) is 0.686. The molecule has 0 bridgehead atoms. The van der Waals surface area contributed by atoms with E-state index in [4.69, 9.17) is 0 Å². The van der Waals surface area contributed by atoms with Crippen LogP contribution < -0.4 is 10.1 Å². The van der Waals surface area contributed by atoms with Gasteiger partial charge in [-0.15, -0.1) is 0 Å². The first-order chi connectivity index (χ1) is 9.93. The van der Waals surface area contributed by atoms with Gasteiger partial charge in [-0.1, -0.05) is 12.2 Å². The summed E-state index contributed by atoms with van der Waals surface area (Å²) in [5.41, 5.74) is 0.552. The SMILES string of the molecule is C=C1CCC(NC(=O)c2cc(F)c(F)c(OC)c2F)CC1. The Labute approximate surface area is 120 Å². The number of rotatable bonds is 3. The predicted octanol–water partition coefficient (Wildman–Crippen LogP) is 3.34. The van der Waals surface area contributed by atoms with Crippen molar-refractivity contribution in [2.45, 2.75) is 31.7 Å². The van der Waals surface area contributed by atoms with E-state index in [-0.39, 0.29) is 6.04 Å². The van der Waals surface area contributed by atoms with Gasteiger partial charge in [-0.05, 0) is 31.7 Å². The van der Waals surface area contributed by atoms with Gasteiger partial charge in [-0.3, -0.25) is 4.79 Å². The predicted molar refractivity (Wildman–Crippen MR) is 71.7 cm³/mol. The van der Waals surface area contributed by atoms with Gasteiger partial charge in [-0.25, -0.2) is 8.78 Å². The van der Waals surface area contributed by atoms with E-state index in [2.05, 4.69) is 16.6 Å². The molecule has 1 amide bonds. The third-order valence-electron chi connectivity index (χ3n) is 3.59. The second kappa shape index (κ2) is 6.20. The van der Waals surface area contributed by atoms with Crippen molar-refractivity contribution in [3.05, 3.63) is 41.2 Å². The summed E-state index contributed by atoms with van der Waals surface area (Å²) in [4.78, 5) is 12.0. The molecule has 1 saturated carbocycles. The van der Waals surface area contributed by atoms with Crippen molar-refractivity contribution in [2.24, 2.45) is 0 Å². The second-order valence-electron chi connectivity index (χ2n) is 5.06. The molecule has 1 aromatic carbocycles. The first-order valence-electron chi connectivity index (χ1n) is 6.63. The molecule has 1 aliphatic carbocycles. The molecule has 2 rings (SSSR count). The van der Waals surface area contributed by atoms with Gasteiger partial charge >= 0.3 is 0 Å². The molecule has 0 spiro atoms. The van der Waals surface area contributed by atoms with E-state index in [0.717, 1.165) is 25.5 Å². The molecule has 0 unspecified atom stereocenters. The van der Waals surface area contributed by atoms with Crippen LogP contribution in [0.5, 0.6) is 5.75 Å². The first kappa shape index (κ1) is 15.4. The molecule has 1 fully saturated rings. The molecule has 1 aliphatic rings. The number of hydrogen-bond donors (Lipinski definition) is 1. The summed E-state index contributed by atoms with van der Waals surface area (Å²) < 4.78 is 45.2. The van der Waals surface area contributed by atoms with E-state index in [1.54, 1.807) is 0 Å². The molecule has 0 radical (unpaired) electrons. The average molecular weight is 299 g/mol. The summed E-state index contributed by atoms with van der Waals surface area (Å²) in [6.07, 6.45) is 2.98. The summed E-state index contributed by atoms with van der Waals surface area (Å²) in [6.45, 7) is 3.86. The Hall–Kier alpha value is -1.98. The lowest BCUT2D eigenvalue weighted by Crippen LogP contribution is -2.37. The highest BCUT2D eigenvalue weighted by atomic mass is 19.2. The molecule has 0 aliphatic heterocycles. The maximum absolute atomic E-state index is 14.0. The summed E-state index contributed by atoms with van der Waals surface area (Å²) in [6, 6.07) is 0.422. The smallest absolute Gasteiger partial charge is 0.254 e. The van der Waals surface area contributed by atoms with Crippen molar-refractivity contribution in [3.8, 4) is 5.75 Å². The van der Waals surface area contributed by atoms with E-state index in [9.17, 15) is 18.0 Å². The number of nitrogens with one attached hydrogen (secondary N) is 1. The molecule has 21 heavy (non-hydrogen) atoms. The number of carbonyl (C=O) groups is 1. The number of methoxy groups -OCH3 is 1. The molecule has 1 aromatic rings. The number of benzene rings is 1. The lowest BCUT2D eigenvalue weighted by atomic mass is 9.92. The van der Waals surface area contributed by atoms with Crippen LogP contribution in [-0.4, -0.2) is 19.1 Å². The maximum atomic E-state index is 14.0. The zero-order chi connectivity index (χ0) is 15.6. The fourth-order valence-corrected chi connectivity index (χ4v) is 2.36. The van der Waals surface area contributed by atoms with Crippen LogP contribution in [0.4, 0.5) is 13.2 Å². The molecular weight excluding hydrogens is 283 g/mol. The van der Waals surface area contributed by atoms with Crippen molar-refractivity contribution in [1.29, 1.82) is 0 Å². The first-order valence-corrected chi connectivity index (χ1v) is 6.63. The molecule has 0 aromatic heterocycles. The summed E-state index contributed by atoms with van der Waals surface area (Å²) in [5.74, 6) is -5.63. The molecule has 0 saturated heterocycles. The summed E-state index contributed by atoms with van der Waals surface area (Å²) in [5, 5.41) is 2.63. The van der Waals surface area contributed by atoms with Crippen LogP contribution in [0.3, 0.4) is 0 Å². The Morgan fingerprint density at radius 1 is 1.29 bits per heavy atom.